The molecule has 4 heteroatoms. The van der Waals surface area contributed by atoms with Crippen LogP contribution in [0, 0.1) is 5.92 Å². The molecule has 0 saturated carbocycles. The maximum atomic E-state index is 5.76. The molecular formula is C13H21N3O. The zero-order valence-electron chi connectivity index (χ0n) is 10.6. The Morgan fingerprint density at radius 2 is 2.12 bits per heavy atom. The third-order valence-corrected chi connectivity index (χ3v) is 3.18. The van der Waals surface area contributed by atoms with Crippen LogP contribution in [0.15, 0.2) is 12.4 Å². The van der Waals surface area contributed by atoms with Gasteiger partial charge in [0.15, 0.2) is 0 Å². The van der Waals surface area contributed by atoms with Gasteiger partial charge in [-0.15, -0.1) is 0 Å². The third-order valence-electron chi connectivity index (χ3n) is 3.18. The zero-order chi connectivity index (χ0) is 12.1. The van der Waals surface area contributed by atoms with Gasteiger partial charge in [0.05, 0.1) is 12.3 Å². The molecule has 0 unspecified atom stereocenters. The van der Waals surface area contributed by atoms with Crippen LogP contribution in [0.2, 0.25) is 0 Å². The van der Waals surface area contributed by atoms with E-state index in [4.69, 9.17) is 4.74 Å². The molecule has 1 N–H and O–H groups in total. The lowest BCUT2D eigenvalue weighted by molar-refractivity contribution is 0.208. The predicted octanol–water partition coefficient (Wildman–Crippen LogP) is 1.98. The Hall–Kier alpha value is -1.16. The fraction of sp³-hybridized carbons (Fsp3) is 0.692. The van der Waals surface area contributed by atoms with Crippen molar-refractivity contribution >= 4 is 0 Å². The summed E-state index contributed by atoms with van der Waals surface area (Å²) in [6.07, 6.45) is 3.98. The monoisotopic (exact) mass is 235 g/mol. The standard InChI is InChI=1S/C13H21N3O/c1-10(2)12-7-13(16-9-15-12)17-8-11-3-5-14-6-4-11/h7,9-11,14H,3-6,8H2,1-2H3. The van der Waals surface area contributed by atoms with E-state index in [2.05, 4.69) is 29.1 Å². The van der Waals surface area contributed by atoms with Crippen molar-refractivity contribution < 1.29 is 4.74 Å². The van der Waals surface area contributed by atoms with Gasteiger partial charge in [-0.3, -0.25) is 0 Å². The molecule has 0 aromatic carbocycles. The van der Waals surface area contributed by atoms with Crippen LogP contribution in [0.25, 0.3) is 0 Å². The molecule has 0 bridgehead atoms. The van der Waals surface area contributed by atoms with E-state index in [1.54, 1.807) is 6.33 Å². The van der Waals surface area contributed by atoms with Gasteiger partial charge in [0.25, 0.3) is 0 Å². The maximum Gasteiger partial charge on any atom is 0.216 e. The number of rotatable bonds is 4. The predicted molar refractivity (Wildman–Crippen MR) is 67.2 cm³/mol. The lowest BCUT2D eigenvalue weighted by atomic mass is 9.99. The Morgan fingerprint density at radius 3 is 2.82 bits per heavy atom. The van der Waals surface area contributed by atoms with Crippen LogP contribution in [0.1, 0.15) is 38.3 Å². The van der Waals surface area contributed by atoms with Gasteiger partial charge in [-0.25, -0.2) is 9.97 Å². The Balaban J connectivity index is 1.87. The van der Waals surface area contributed by atoms with E-state index in [1.807, 2.05) is 6.07 Å². The minimum atomic E-state index is 0.416. The maximum absolute atomic E-state index is 5.76. The first-order valence-corrected chi connectivity index (χ1v) is 6.41. The molecule has 0 radical (unpaired) electrons. The van der Waals surface area contributed by atoms with Crippen molar-refractivity contribution in [2.45, 2.75) is 32.6 Å². The fourth-order valence-electron chi connectivity index (χ4n) is 2.00. The third kappa shape index (κ3) is 3.66. The second kappa shape index (κ2) is 5.96. The Bertz CT molecular complexity index is 348. The average molecular weight is 235 g/mol. The van der Waals surface area contributed by atoms with E-state index in [0.29, 0.717) is 17.7 Å². The minimum absolute atomic E-state index is 0.416. The van der Waals surface area contributed by atoms with Gasteiger partial charge in [0.1, 0.15) is 6.33 Å². The molecule has 0 atom stereocenters. The van der Waals surface area contributed by atoms with Crippen molar-refractivity contribution in [2.75, 3.05) is 19.7 Å². The molecule has 17 heavy (non-hydrogen) atoms. The number of piperidine rings is 1. The van der Waals surface area contributed by atoms with Crippen LogP contribution in [-0.2, 0) is 0 Å². The second-order valence-electron chi connectivity index (χ2n) is 4.94. The number of aromatic nitrogens is 2. The summed E-state index contributed by atoms with van der Waals surface area (Å²) in [4.78, 5) is 8.39. The highest BCUT2D eigenvalue weighted by Gasteiger charge is 2.14. The summed E-state index contributed by atoms with van der Waals surface area (Å²) in [5, 5.41) is 3.36. The fourth-order valence-corrected chi connectivity index (χ4v) is 2.00. The highest BCUT2D eigenvalue weighted by Crippen LogP contribution is 2.17. The summed E-state index contributed by atoms with van der Waals surface area (Å²) in [6.45, 7) is 7.23. The number of hydrogen-bond donors (Lipinski definition) is 1. The Labute approximate surface area is 103 Å². The first kappa shape index (κ1) is 12.3. The van der Waals surface area contributed by atoms with E-state index in [1.165, 1.54) is 12.8 Å². The van der Waals surface area contributed by atoms with Crippen molar-refractivity contribution in [1.29, 1.82) is 0 Å². The lowest BCUT2D eigenvalue weighted by Gasteiger charge is -2.22. The largest absolute Gasteiger partial charge is 0.477 e. The van der Waals surface area contributed by atoms with E-state index in [0.717, 1.165) is 25.4 Å². The van der Waals surface area contributed by atoms with Crippen LogP contribution in [0.3, 0.4) is 0 Å². The van der Waals surface area contributed by atoms with Crippen molar-refractivity contribution in [3.8, 4) is 5.88 Å². The van der Waals surface area contributed by atoms with Crippen LogP contribution in [0.5, 0.6) is 5.88 Å². The van der Waals surface area contributed by atoms with E-state index < -0.39 is 0 Å². The summed E-state index contributed by atoms with van der Waals surface area (Å²) < 4.78 is 5.76. The topological polar surface area (TPSA) is 47.0 Å². The van der Waals surface area contributed by atoms with Crippen molar-refractivity contribution in [3.05, 3.63) is 18.1 Å². The second-order valence-corrected chi connectivity index (χ2v) is 4.94. The molecule has 1 aromatic heterocycles. The average Bonchev–Trinajstić information content (AvgIpc) is 2.38. The highest BCUT2D eigenvalue weighted by molar-refractivity contribution is 5.15. The summed E-state index contributed by atoms with van der Waals surface area (Å²) in [6, 6.07) is 1.95. The summed E-state index contributed by atoms with van der Waals surface area (Å²) >= 11 is 0. The smallest absolute Gasteiger partial charge is 0.216 e. The van der Waals surface area contributed by atoms with E-state index in [9.17, 15) is 0 Å². The number of nitrogens with zero attached hydrogens (tertiary/aromatic N) is 2. The SMILES string of the molecule is CC(C)c1cc(OCC2CCNCC2)ncn1. The molecule has 2 rings (SSSR count). The van der Waals surface area contributed by atoms with Crippen LogP contribution in [0.4, 0.5) is 0 Å². The Kier molecular flexibility index (Phi) is 4.31. The molecular weight excluding hydrogens is 214 g/mol. The van der Waals surface area contributed by atoms with Crippen LogP contribution < -0.4 is 10.1 Å². The summed E-state index contributed by atoms with van der Waals surface area (Å²) in [7, 11) is 0. The molecule has 1 aliphatic rings. The van der Waals surface area contributed by atoms with Crippen LogP contribution in [-0.4, -0.2) is 29.7 Å². The van der Waals surface area contributed by atoms with Gasteiger partial charge in [-0.2, -0.15) is 0 Å². The normalized spacial score (nSPS) is 17.4. The number of ether oxygens (including phenoxy) is 1. The zero-order valence-corrected chi connectivity index (χ0v) is 10.6. The van der Waals surface area contributed by atoms with Gasteiger partial charge in [0.2, 0.25) is 5.88 Å². The molecule has 1 saturated heterocycles. The minimum Gasteiger partial charge on any atom is -0.477 e. The van der Waals surface area contributed by atoms with Gasteiger partial charge in [-0.1, -0.05) is 13.8 Å². The molecule has 0 spiro atoms. The number of nitrogens with one attached hydrogen (secondary N) is 1. The van der Waals surface area contributed by atoms with Gasteiger partial charge in [-0.05, 0) is 37.8 Å². The molecule has 94 valence electrons. The first-order chi connectivity index (χ1) is 8.25. The quantitative estimate of drug-likeness (QED) is 0.867. The van der Waals surface area contributed by atoms with Gasteiger partial charge >= 0.3 is 0 Å². The highest BCUT2D eigenvalue weighted by atomic mass is 16.5. The summed E-state index contributed by atoms with van der Waals surface area (Å²) in [5.41, 5.74) is 1.04. The van der Waals surface area contributed by atoms with E-state index >= 15 is 0 Å². The van der Waals surface area contributed by atoms with Gasteiger partial charge in [0, 0.05) is 6.07 Å². The van der Waals surface area contributed by atoms with Crippen molar-refractivity contribution in [2.24, 2.45) is 5.92 Å². The molecule has 1 aliphatic heterocycles. The molecule has 0 amide bonds. The Morgan fingerprint density at radius 1 is 1.35 bits per heavy atom. The number of hydrogen-bond acceptors (Lipinski definition) is 4. The van der Waals surface area contributed by atoms with Crippen LogP contribution >= 0.6 is 0 Å². The van der Waals surface area contributed by atoms with Gasteiger partial charge < -0.3 is 10.1 Å². The molecule has 1 aromatic rings. The molecule has 2 heterocycles. The van der Waals surface area contributed by atoms with Crippen molar-refractivity contribution in [1.82, 2.24) is 15.3 Å². The molecule has 0 aliphatic carbocycles. The molecule has 4 nitrogen and oxygen atoms in total. The summed E-state index contributed by atoms with van der Waals surface area (Å²) in [5.74, 6) is 1.79. The molecule has 1 fully saturated rings. The van der Waals surface area contributed by atoms with Crippen molar-refractivity contribution in [3.63, 3.8) is 0 Å². The first-order valence-electron chi connectivity index (χ1n) is 6.41. The van der Waals surface area contributed by atoms with E-state index in [-0.39, 0.29) is 0 Å². The lowest BCUT2D eigenvalue weighted by Crippen LogP contribution is -2.30.